The smallest absolute Gasteiger partial charge is 0.311 e. The summed E-state index contributed by atoms with van der Waals surface area (Å²) in [4.78, 5) is 41.4. The number of likely N-dealkylation sites (N-methyl/N-ethyl adjacent to an activating group) is 1. The summed E-state index contributed by atoms with van der Waals surface area (Å²) in [6.45, 7) is 0.151. The largest absolute Gasteiger partial charge is 0.469 e. The molecule has 4 atom stereocenters. The molecule has 2 aliphatic heterocycles. The van der Waals surface area contributed by atoms with Crippen LogP contribution in [0.5, 0.6) is 0 Å². The number of esters is 1. The van der Waals surface area contributed by atoms with Crippen LogP contribution in [-0.4, -0.2) is 71.7 Å². The van der Waals surface area contributed by atoms with Crippen LogP contribution in [0.25, 0.3) is 0 Å². The monoisotopic (exact) mass is 427 g/mol. The highest BCUT2D eigenvalue weighted by molar-refractivity contribution is 9.10. The molecule has 0 saturated carbocycles. The molecule has 3 heterocycles. The van der Waals surface area contributed by atoms with Gasteiger partial charge in [-0.05, 0) is 42.2 Å². The maximum Gasteiger partial charge on any atom is 0.311 e. The van der Waals surface area contributed by atoms with E-state index in [9.17, 15) is 19.5 Å². The highest BCUT2D eigenvalue weighted by atomic mass is 79.9. The van der Waals surface area contributed by atoms with Crippen LogP contribution >= 0.6 is 15.9 Å². The summed E-state index contributed by atoms with van der Waals surface area (Å²) in [6.07, 6.45) is 0. The van der Waals surface area contributed by atoms with Crippen LogP contribution in [0.4, 0.5) is 0 Å². The second-order valence-corrected chi connectivity index (χ2v) is 7.82. The molecular weight excluding hydrogens is 406 g/mol. The predicted octanol–water partition coefficient (Wildman–Crippen LogP) is -0.164. The van der Waals surface area contributed by atoms with Crippen LogP contribution < -0.4 is 5.56 Å². The molecule has 0 radical (unpaired) electrons. The summed E-state index contributed by atoms with van der Waals surface area (Å²) in [5, 5.41) is 9.96. The Bertz CT molecular complexity index is 793. The van der Waals surface area contributed by atoms with Crippen LogP contribution in [0, 0.1) is 11.8 Å². The number of hydrogen-bond acceptors (Lipinski definition) is 6. The molecule has 142 valence electrons. The van der Waals surface area contributed by atoms with E-state index in [1.54, 1.807) is 40.6 Å². The van der Waals surface area contributed by atoms with Gasteiger partial charge in [-0.15, -0.1) is 0 Å². The van der Waals surface area contributed by atoms with Crippen molar-refractivity contribution in [2.24, 2.45) is 11.8 Å². The lowest BCUT2D eigenvalue weighted by atomic mass is 9.87. The number of aromatic nitrogens is 1. The topological polar surface area (TPSA) is 92.1 Å². The van der Waals surface area contributed by atoms with E-state index >= 15 is 0 Å². The second kappa shape index (κ2) is 7.13. The SMILES string of the molecule is COC(=O)[C@@H]1[C@@H](CO)[C@@H]2Cn3c(ccc(Br)c3=O)[C@H]1N2C(=O)CN(C)C. The molecule has 9 heteroatoms. The Morgan fingerprint density at radius 2 is 2.08 bits per heavy atom. The number of nitrogens with zero attached hydrogens (tertiary/aromatic N) is 3. The minimum atomic E-state index is -0.713. The maximum absolute atomic E-state index is 12.9. The lowest BCUT2D eigenvalue weighted by molar-refractivity contribution is -0.148. The fourth-order valence-corrected chi connectivity index (χ4v) is 4.52. The zero-order valence-electron chi connectivity index (χ0n) is 14.9. The van der Waals surface area contributed by atoms with Gasteiger partial charge in [-0.3, -0.25) is 14.4 Å². The van der Waals surface area contributed by atoms with E-state index in [0.717, 1.165) is 0 Å². The Morgan fingerprint density at radius 3 is 2.65 bits per heavy atom. The first-order chi connectivity index (χ1) is 12.3. The lowest BCUT2D eigenvalue weighted by Crippen LogP contribution is -2.51. The van der Waals surface area contributed by atoms with Crippen molar-refractivity contribution in [1.82, 2.24) is 14.4 Å². The van der Waals surface area contributed by atoms with Gasteiger partial charge < -0.3 is 24.2 Å². The Hall–Kier alpha value is -1.71. The number of hydrogen-bond donors (Lipinski definition) is 1. The number of ether oxygens (including phenoxy) is 1. The highest BCUT2D eigenvalue weighted by Gasteiger charge is 2.57. The van der Waals surface area contributed by atoms with E-state index in [1.807, 2.05) is 0 Å². The number of methoxy groups -OCH3 is 1. The molecule has 1 fully saturated rings. The van der Waals surface area contributed by atoms with Crippen molar-refractivity contribution < 1.29 is 19.4 Å². The van der Waals surface area contributed by atoms with Gasteiger partial charge in [-0.1, -0.05) is 0 Å². The van der Waals surface area contributed by atoms with E-state index in [4.69, 9.17) is 4.74 Å². The fraction of sp³-hybridized carbons (Fsp3) is 0.588. The summed E-state index contributed by atoms with van der Waals surface area (Å²) in [6, 6.07) is 2.30. The zero-order chi connectivity index (χ0) is 19.2. The second-order valence-electron chi connectivity index (χ2n) is 6.97. The fourth-order valence-electron chi connectivity index (χ4n) is 4.18. The summed E-state index contributed by atoms with van der Waals surface area (Å²) in [5.74, 6) is -1.83. The van der Waals surface area contributed by atoms with Gasteiger partial charge in [0.1, 0.15) is 0 Å². The van der Waals surface area contributed by atoms with Crippen molar-refractivity contribution in [3.63, 3.8) is 0 Å². The number of carbonyl (C=O) groups is 2. The van der Waals surface area contributed by atoms with Gasteiger partial charge in [0.2, 0.25) is 5.91 Å². The zero-order valence-corrected chi connectivity index (χ0v) is 16.5. The van der Waals surface area contributed by atoms with Gasteiger partial charge in [0.15, 0.2) is 0 Å². The van der Waals surface area contributed by atoms with Gasteiger partial charge in [0.25, 0.3) is 5.56 Å². The molecule has 1 saturated heterocycles. The minimum Gasteiger partial charge on any atom is -0.469 e. The van der Waals surface area contributed by atoms with E-state index in [2.05, 4.69) is 15.9 Å². The van der Waals surface area contributed by atoms with Crippen molar-refractivity contribution in [1.29, 1.82) is 0 Å². The number of amides is 1. The molecule has 3 rings (SSSR count). The molecule has 0 spiro atoms. The van der Waals surface area contributed by atoms with E-state index < -0.39 is 29.9 Å². The number of aliphatic hydroxyl groups excluding tert-OH is 1. The first kappa shape index (κ1) is 19.1. The molecule has 0 aliphatic carbocycles. The highest BCUT2D eigenvalue weighted by Crippen LogP contribution is 2.48. The summed E-state index contributed by atoms with van der Waals surface area (Å²) in [5.41, 5.74) is 0.382. The number of rotatable bonds is 4. The van der Waals surface area contributed by atoms with Gasteiger partial charge in [-0.2, -0.15) is 0 Å². The van der Waals surface area contributed by atoms with Crippen molar-refractivity contribution in [2.75, 3.05) is 34.4 Å². The summed E-state index contributed by atoms with van der Waals surface area (Å²) < 4.78 is 6.97. The third-order valence-corrected chi connectivity index (χ3v) is 5.81. The van der Waals surface area contributed by atoms with Gasteiger partial charge in [0, 0.05) is 24.8 Å². The van der Waals surface area contributed by atoms with E-state index in [1.165, 1.54) is 7.11 Å². The number of fused-ring (bicyclic) bond motifs is 4. The average Bonchev–Trinajstić information content (AvgIpc) is 2.84. The van der Waals surface area contributed by atoms with Crippen molar-refractivity contribution in [3.8, 4) is 0 Å². The molecule has 1 aromatic rings. The number of halogens is 1. The molecule has 1 amide bonds. The molecule has 0 aromatic carbocycles. The Labute approximate surface area is 159 Å². The summed E-state index contributed by atoms with van der Waals surface area (Å²) >= 11 is 3.24. The number of carbonyl (C=O) groups excluding carboxylic acids is 2. The number of aliphatic hydroxyl groups is 1. The molecular formula is C17H22BrN3O5. The minimum absolute atomic E-state index is 0.142. The third kappa shape index (κ3) is 2.87. The quantitative estimate of drug-likeness (QED) is 0.670. The molecule has 2 bridgehead atoms. The van der Waals surface area contributed by atoms with Crippen LogP contribution in [0.15, 0.2) is 21.4 Å². The molecule has 0 unspecified atom stereocenters. The van der Waals surface area contributed by atoms with E-state index in [0.29, 0.717) is 10.2 Å². The molecule has 1 aromatic heterocycles. The molecule has 26 heavy (non-hydrogen) atoms. The Morgan fingerprint density at radius 1 is 1.38 bits per heavy atom. The molecule has 2 aliphatic rings. The van der Waals surface area contributed by atoms with Crippen molar-refractivity contribution in [3.05, 3.63) is 32.7 Å². The van der Waals surface area contributed by atoms with Gasteiger partial charge in [0.05, 0.1) is 36.1 Å². The molecule has 8 nitrogen and oxygen atoms in total. The van der Waals surface area contributed by atoms with Gasteiger partial charge in [-0.25, -0.2) is 0 Å². The first-order valence-electron chi connectivity index (χ1n) is 8.35. The average molecular weight is 428 g/mol. The first-order valence-corrected chi connectivity index (χ1v) is 9.15. The lowest BCUT2D eigenvalue weighted by Gasteiger charge is -2.38. The van der Waals surface area contributed by atoms with Gasteiger partial charge >= 0.3 is 5.97 Å². The third-order valence-electron chi connectivity index (χ3n) is 5.21. The van der Waals surface area contributed by atoms with Crippen LogP contribution in [0.3, 0.4) is 0 Å². The molecule has 1 N–H and O–H groups in total. The van der Waals surface area contributed by atoms with Crippen LogP contribution in [-0.2, 0) is 20.9 Å². The van der Waals surface area contributed by atoms with Crippen molar-refractivity contribution >= 4 is 27.8 Å². The maximum atomic E-state index is 12.9. The van der Waals surface area contributed by atoms with Crippen LogP contribution in [0.1, 0.15) is 11.7 Å². The summed E-state index contributed by atoms with van der Waals surface area (Å²) in [7, 11) is 4.88. The van der Waals surface area contributed by atoms with E-state index in [-0.39, 0.29) is 31.2 Å². The Balaban J connectivity index is 2.16. The standard InChI is InChI=1S/C17H22BrN3O5/c1-19(2)7-13(23)21-12-6-20-11(5-4-10(18)16(20)24)15(21)14(9(12)8-22)17(25)26-3/h4-5,9,12,14-15,22H,6-8H2,1-3H3/t9-,12-,14+,15+/m0/s1. The van der Waals surface area contributed by atoms with Crippen molar-refractivity contribution in [2.45, 2.75) is 18.6 Å². The predicted molar refractivity (Wildman–Crippen MR) is 96.4 cm³/mol. The van der Waals surface area contributed by atoms with Crippen LogP contribution in [0.2, 0.25) is 0 Å². The normalized spacial score (nSPS) is 26.8. The number of pyridine rings is 1. The Kier molecular flexibility index (Phi) is 5.23.